The average molecular weight is 439 g/mol. The van der Waals surface area contributed by atoms with Crippen molar-refractivity contribution >= 4 is 21.9 Å². The third kappa shape index (κ3) is 5.46. The van der Waals surface area contributed by atoms with Gasteiger partial charge in [0.25, 0.3) is 0 Å². The molecule has 3 nitrogen and oxygen atoms in total. The fourth-order valence-electron chi connectivity index (χ4n) is 3.21. The molecule has 0 fully saturated rings. The zero-order valence-electron chi connectivity index (χ0n) is 15.8. The van der Waals surface area contributed by atoms with Gasteiger partial charge in [-0.15, -0.1) is 0 Å². The van der Waals surface area contributed by atoms with Gasteiger partial charge >= 0.3 is 5.97 Å². The van der Waals surface area contributed by atoms with Crippen LogP contribution in [0, 0.1) is 0 Å². The molecule has 28 heavy (non-hydrogen) atoms. The van der Waals surface area contributed by atoms with E-state index >= 15 is 0 Å². The lowest BCUT2D eigenvalue weighted by atomic mass is 9.87. The first-order valence-electron chi connectivity index (χ1n) is 9.25. The van der Waals surface area contributed by atoms with Crippen LogP contribution in [0.15, 0.2) is 83.3 Å². The molecule has 1 unspecified atom stereocenters. The predicted molar refractivity (Wildman–Crippen MR) is 114 cm³/mol. The topological polar surface area (TPSA) is 35.5 Å². The third-order valence-corrected chi connectivity index (χ3v) is 5.14. The van der Waals surface area contributed by atoms with Gasteiger partial charge in [-0.05, 0) is 35.7 Å². The molecule has 0 aliphatic heterocycles. The molecule has 0 spiro atoms. The number of hydrogen-bond acceptors (Lipinski definition) is 3. The average Bonchev–Trinajstić information content (AvgIpc) is 2.74. The van der Waals surface area contributed by atoms with Gasteiger partial charge in [0.2, 0.25) is 0 Å². The van der Waals surface area contributed by atoms with E-state index in [1.807, 2.05) is 60.7 Å². The molecule has 3 aromatic carbocycles. The van der Waals surface area contributed by atoms with Crippen molar-refractivity contribution in [3.05, 3.63) is 100 Å². The lowest BCUT2D eigenvalue weighted by Gasteiger charge is -2.21. The van der Waals surface area contributed by atoms with E-state index in [1.54, 1.807) is 0 Å². The Morgan fingerprint density at radius 1 is 0.964 bits per heavy atom. The van der Waals surface area contributed by atoms with E-state index in [1.165, 1.54) is 7.11 Å². The van der Waals surface area contributed by atoms with E-state index < -0.39 is 0 Å². The Balaban J connectivity index is 1.91. The first-order valence-corrected chi connectivity index (χ1v) is 10.0. The molecule has 144 valence electrons. The maximum Gasteiger partial charge on any atom is 0.305 e. The Morgan fingerprint density at radius 3 is 2.32 bits per heavy atom. The zero-order chi connectivity index (χ0) is 19.8. The van der Waals surface area contributed by atoms with Crippen molar-refractivity contribution in [3.8, 4) is 5.75 Å². The first kappa shape index (κ1) is 20.2. The van der Waals surface area contributed by atoms with Crippen molar-refractivity contribution in [2.24, 2.45) is 0 Å². The molecular formula is C24H23BrO3. The van der Waals surface area contributed by atoms with Gasteiger partial charge in [0, 0.05) is 22.4 Å². The number of carbonyl (C=O) groups excluding carboxylic acids is 1. The molecule has 0 aliphatic rings. The summed E-state index contributed by atoms with van der Waals surface area (Å²) in [6, 6.07) is 26.3. The fraction of sp³-hybridized carbons (Fsp3) is 0.208. The van der Waals surface area contributed by atoms with E-state index in [0.717, 1.165) is 26.9 Å². The van der Waals surface area contributed by atoms with Gasteiger partial charge in [-0.1, -0.05) is 76.6 Å². The van der Waals surface area contributed by atoms with Crippen LogP contribution in [0.3, 0.4) is 0 Å². The molecule has 0 bridgehead atoms. The Labute approximate surface area is 174 Å². The molecule has 0 heterocycles. The Morgan fingerprint density at radius 2 is 1.64 bits per heavy atom. The molecule has 0 saturated heterocycles. The predicted octanol–water partition coefficient (Wildman–Crippen LogP) is 6.11. The first-order chi connectivity index (χ1) is 13.7. The summed E-state index contributed by atoms with van der Waals surface area (Å²) in [6.45, 7) is 0.494. The van der Waals surface area contributed by atoms with E-state index in [0.29, 0.717) is 19.4 Å². The van der Waals surface area contributed by atoms with E-state index in [4.69, 9.17) is 9.47 Å². The summed E-state index contributed by atoms with van der Waals surface area (Å²) in [5.74, 6) is 0.650. The monoisotopic (exact) mass is 438 g/mol. The minimum Gasteiger partial charge on any atom is -0.489 e. The highest BCUT2D eigenvalue weighted by Gasteiger charge is 2.20. The van der Waals surface area contributed by atoms with Crippen LogP contribution in [0.2, 0.25) is 0 Å². The van der Waals surface area contributed by atoms with Crippen LogP contribution < -0.4 is 4.74 Å². The van der Waals surface area contributed by atoms with Crippen LogP contribution in [0.1, 0.15) is 35.4 Å². The number of esters is 1. The summed E-state index contributed by atoms with van der Waals surface area (Å²) in [5, 5.41) is 0. The molecule has 3 rings (SSSR count). The van der Waals surface area contributed by atoms with Crippen molar-refractivity contribution in [2.45, 2.75) is 25.4 Å². The fourth-order valence-corrected chi connectivity index (χ4v) is 3.59. The molecule has 0 aromatic heterocycles. The normalized spacial score (nSPS) is 11.6. The largest absolute Gasteiger partial charge is 0.489 e. The number of halogens is 1. The van der Waals surface area contributed by atoms with E-state index in [-0.39, 0.29) is 11.9 Å². The smallest absolute Gasteiger partial charge is 0.305 e. The molecule has 0 amide bonds. The summed E-state index contributed by atoms with van der Waals surface area (Å²) in [7, 11) is 1.42. The minimum atomic E-state index is -0.206. The molecule has 0 N–H and O–H groups in total. The van der Waals surface area contributed by atoms with Crippen LogP contribution in [-0.2, 0) is 16.1 Å². The van der Waals surface area contributed by atoms with Crippen molar-refractivity contribution in [3.63, 3.8) is 0 Å². The second-order valence-corrected chi connectivity index (χ2v) is 7.45. The Bertz CT molecular complexity index is 894. The van der Waals surface area contributed by atoms with E-state index in [2.05, 4.69) is 34.1 Å². The summed E-state index contributed by atoms with van der Waals surface area (Å²) >= 11 is 3.58. The van der Waals surface area contributed by atoms with Gasteiger partial charge in [0.1, 0.15) is 12.4 Å². The maximum atomic E-state index is 11.8. The van der Waals surface area contributed by atoms with Gasteiger partial charge < -0.3 is 9.47 Å². The molecule has 0 aliphatic carbocycles. The van der Waals surface area contributed by atoms with Crippen LogP contribution in [0.4, 0.5) is 0 Å². The molecule has 0 radical (unpaired) electrons. The van der Waals surface area contributed by atoms with Crippen LogP contribution in [0.5, 0.6) is 5.75 Å². The second-order valence-electron chi connectivity index (χ2n) is 6.53. The molecule has 3 aromatic rings. The summed E-state index contributed by atoms with van der Waals surface area (Å²) in [5.41, 5.74) is 3.32. The van der Waals surface area contributed by atoms with Crippen molar-refractivity contribution < 1.29 is 14.3 Å². The van der Waals surface area contributed by atoms with Gasteiger partial charge in [0.15, 0.2) is 0 Å². The zero-order valence-corrected chi connectivity index (χ0v) is 17.4. The summed E-state index contributed by atoms with van der Waals surface area (Å²) < 4.78 is 12.0. The third-order valence-electron chi connectivity index (χ3n) is 4.65. The molecular weight excluding hydrogens is 416 g/mol. The highest BCUT2D eigenvalue weighted by atomic mass is 79.9. The van der Waals surface area contributed by atoms with Crippen molar-refractivity contribution in [1.29, 1.82) is 0 Å². The minimum absolute atomic E-state index is 0.0311. The van der Waals surface area contributed by atoms with Gasteiger partial charge in [-0.25, -0.2) is 0 Å². The van der Waals surface area contributed by atoms with Crippen LogP contribution in [-0.4, -0.2) is 13.1 Å². The van der Waals surface area contributed by atoms with Crippen LogP contribution in [0.25, 0.3) is 0 Å². The number of benzene rings is 3. The summed E-state index contributed by atoms with van der Waals surface area (Å²) in [6.07, 6.45) is 0.996. The van der Waals surface area contributed by atoms with Gasteiger partial charge in [-0.3, -0.25) is 4.79 Å². The quantitative estimate of drug-likeness (QED) is 0.397. The van der Waals surface area contributed by atoms with Gasteiger partial charge in [0.05, 0.1) is 7.11 Å². The van der Waals surface area contributed by atoms with Crippen molar-refractivity contribution in [2.75, 3.05) is 7.11 Å². The standard InChI is InChI=1S/C24H23BrO3/c1-27-24(26)15-13-21(19-10-6-3-7-11-19)22-16-20(25)12-14-23(22)28-17-18-8-4-2-5-9-18/h2-12,14,16,21H,13,15,17H2,1H3. The second kappa shape index (κ2) is 10.1. The molecule has 4 heteroatoms. The lowest BCUT2D eigenvalue weighted by Crippen LogP contribution is -2.09. The number of hydrogen-bond donors (Lipinski definition) is 0. The molecule has 1 atom stereocenters. The van der Waals surface area contributed by atoms with Gasteiger partial charge in [-0.2, -0.15) is 0 Å². The molecule has 0 saturated carbocycles. The number of ether oxygens (including phenoxy) is 2. The Hall–Kier alpha value is -2.59. The number of carbonyl (C=O) groups is 1. The lowest BCUT2D eigenvalue weighted by molar-refractivity contribution is -0.140. The van der Waals surface area contributed by atoms with Crippen molar-refractivity contribution in [1.82, 2.24) is 0 Å². The highest BCUT2D eigenvalue weighted by Crippen LogP contribution is 2.37. The van der Waals surface area contributed by atoms with Crippen LogP contribution >= 0.6 is 15.9 Å². The highest BCUT2D eigenvalue weighted by molar-refractivity contribution is 9.10. The van der Waals surface area contributed by atoms with E-state index in [9.17, 15) is 4.79 Å². The Kier molecular flexibility index (Phi) is 7.26. The SMILES string of the molecule is COC(=O)CCC(c1ccccc1)c1cc(Br)ccc1OCc1ccccc1. The number of rotatable bonds is 8. The number of methoxy groups -OCH3 is 1. The summed E-state index contributed by atoms with van der Waals surface area (Å²) in [4.78, 5) is 11.8. The maximum absolute atomic E-state index is 11.8.